The molecule has 7 nitrogen and oxygen atoms in total. The molecule has 0 saturated heterocycles. The molecule has 25 heavy (non-hydrogen) atoms. The number of carboxylic acid groups (broad SMARTS) is 1. The number of carbonyl (C=O) groups excluding carboxylic acids is 1. The van der Waals surface area contributed by atoms with E-state index >= 15 is 0 Å². The van der Waals surface area contributed by atoms with Gasteiger partial charge in [0.15, 0.2) is 0 Å². The van der Waals surface area contributed by atoms with Gasteiger partial charge < -0.3 is 20.0 Å². The molecule has 0 aliphatic carbocycles. The number of nitrogens with zero attached hydrogens (tertiary/aromatic N) is 2. The Labute approximate surface area is 143 Å². The van der Waals surface area contributed by atoms with Gasteiger partial charge in [0.2, 0.25) is 5.91 Å². The van der Waals surface area contributed by atoms with Crippen molar-refractivity contribution in [2.24, 2.45) is 0 Å². The summed E-state index contributed by atoms with van der Waals surface area (Å²) in [6, 6.07) is 7.08. The highest BCUT2D eigenvalue weighted by atomic mass is 16.4. The summed E-state index contributed by atoms with van der Waals surface area (Å²) in [6.45, 7) is 0.263. The van der Waals surface area contributed by atoms with E-state index < -0.39 is 12.0 Å². The number of aliphatic carboxylic acids is 1. The molecule has 1 atom stereocenters. The van der Waals surface area contributed by atoms with Gasteiger partial charge in [-0.15, -0.1) is 0 Å². The lowest BCUT2D eigenvalue weighted by atomic mass is 10.0. The molecule has 0 saturated carbocycles. The first-order valence-electron chi connectivity index (χ1n) is 8.22. The topological polar surface area (TPSA) is 102 Å². The summed E-state index contributed by atoms with van der Waals surface area (Å²) in [5.41, 5.74) is 3.65. The predicted octanol–water partition coefficient (Wildman–Crippen LogP) is 1.86. The normalized spacial score (nSPS) is 16.8. The molecule has 1 amide bonds. The Morgan fingerprint density at radius 2 is 2.12 bits per heavy atom. The first-order chi connectivity index (χ1) is 12.1. The molecule has 128 valence electrons. The second-order valence-electron chi connectivity index (χ2n) is 6.27. The molecule has 0 fully saturated rings. The summed E-state index contributed by atoms with van der Waals surface area (Å²) in [6.07, 6.45) is 4.54. The maximum Gasteiger partial charge on any atom is 0.326 e. The van der Waals surface area contributed by atoms with Crippen molar-refractivity contribution in [1.82, 2.24) is 19.9 Å². The third-order valence-electron chi connectivity index (χ3n) is 4.79. The number of H-pyrrole nitrogens is 2. The summed E-state index contributed by atoms with van der Waals surface area (Å²) in [5.74, 6) is -1.15. The second kappa shape index (κ2) is 6.08. The van der Waals surface area contributed by atoms with E-state index in [2.05, 4.69) is 15.0 Å². The lowest BCUT2D eigenvalue weighted by Gasteiger charge is -2.32. The largest absolute Gasteiger partial charge is 0.480 e. The van der Waals surface area contributed by atoms with Gasteiger partial charge in [0, 0.05) is 29.9 Å². The van der Waals surface area contributed by atoms with E-state index in [1.54, 1.807) is 6.33 Å². The Morgan fingerprint density at radius 3 is 2.96 bits per heavy atom. The summed E-state index contributed by atoms with van der Waals surface area (Å²) in [7, 11) is 0. The number of amides is 1. The maximum atomic E-state index is 12.7. The molecule has 3 heterocycles. The van der Waals surface area contributed by atoms with Gasteiger partial charge in [0.05, 0.1) is 24.3 Å². The summed E-state index contributed by atoms with van der Waals surface area (Å²) in [5, 5.41) is 10.6. The number of nitrogens with one attached hydrogen (secondary N) is 2. The fourth-order valence-corrected chi connectivity index (χ4v) is 3.44. The zero-order valence-corrected chi connectivity index (χ0v) is 13.5. The number of aryl methyl sites for hydroxylation is 1. The van der Waals surface area contributed by atoms with Crippen LogP contribution < -0.4 is 0 Å². The minimum absolute atomic E-state index is 0.155. The smallest absolute Gasteiger partial charge is 0.326 e. The standard InChI is InChI=1S/C18H18N4O3/c23-17(6-5-11-8-19-13-4-2-1-3-12(11)13)22-9-15-14(20-10-21-15)7-16(22)18(24)25/h1-4,8,10,16,19H,5-7,9H2,(H,20,21)(H,24,25)/t16-/m0/s1. The van der Waals surface area contributed by atoms with Gasteiger partial charge in [-0.05, 0) is 18.1 Å². The third kappa shape index (κ3) is 2.77. The van der Waals surface area contributed by atoms with Crippen LogP contribution in [0.1, 0.15) is 23.4 Å². The van der Waals surface area contributed by atoms with Gasteiger partial charge in [-0.3, -0.25) is 4.79 Å². The fourth-order valence-electron chi connectivity index (χ4n) is 3.44. The highest BCUT2D eigenvalue weighted by Gasteiger charge is 2.35. The predicted molar refractivity (Wildman–Crippen MR) is 90.9 cm³/mol. The Balaban J connectivity index is 1.51. The Bertz CT molecular complexity index is 943. The summed E-state index contributed by atoms with van der Waals surface area (Å²) < 4.78 is 0. The molecule has 7 heteroatoms. The Morgan fingerprint density at radius 1 is 1.28 bits per heavy atom. The number of para-hydroxylation sites is 1. The third-order valence-corrected chi connectivity index (χ3v) is 4.79. The zero-order valence-electron chi connectivity index (χ0n) is 13.5. The molecule has 4 rings (SSSR count). The van der Waals surface area contributed by atoms with Gasteiger partial charge in [-0.1, -0.05) is 18.2 Å². The molecular weight excluding hydrogens is 320 g/mol. The Kier molecular flexibility index (Phi) is 3.76. The molecule has 3 aromatic rings. The van der Waals surface area contributed by atoms with Crippen LogP contribution in [0, 0.1) is 0 Å². The van der Waals surface area contributed by atoms with E-state index in [9.17, 15) is 14.7 Å². The molecule has 3 N–H and O–H groups in total. The highest BCUT2D eigenvalue weighted by molar-refractivity contribution is 5.86. The van der Waals surface area contributed by atoms with Crippen molar-refractivity contribution in [2.45, 2.75) is 31.8 Å². The average Bonchev–Trinajstić information content (AvgIpc) is 3.24. The number of hydrogen-bond acceptors (Lipinski definition) is 3. The Hall–Kier alpha value is -3.09. The van der Waals surface area contributed by atoms with Crippen molar-refractivity contribution >= 4 is 22.8 Å². The fraction of sp³-hybridized carbons (Fsp3) is 0.278. The molecule has 1 aliphatic heterocycles. The van der Waals surface area contributed by atoms with Gasteiger partial charge in [0.1, 0.15) is 6.04 Å². The minimum Gasteiger partial charge on any atom is -0.480 e. The lowest BCUT2D eigenvalue weighted by Crippen LogP contribution is -2.48. The monoisotopic (exact) mass is 338 g/mol. The van der Waals surface area contributed by atoms with Crippen LogP contribution in [0.15, 0.2) is 36.8 Å². The number of aromatic amines is 2. The van der Waals surface area contributed by atoms with E-state index in [1.807, 2.05) is 30.5 Å². The van der Waals surface area contributed by atoms with E-state index in [0.717, 1.165) is 27.9 Å². The molecule has 0 radical (unpaired) electrons. The molecule has 0 bridgehead atoms. The summed E-state index contributed by atoms with van der Waals surface area (Å²) >= 11 is 0. The van der Waals surface area contributed by atoms with Crippen LogP contribution in [0.4, 0.5) is 0 Å². The van der Waals surface area contributed by atoms with Crippen LogP contribution in [0.3, 0.4) is 0 Å². The average molecular weight is 338 g/mol. The number of carbonyl (C=O) groups is 2. The van der Waals surface area contributed by atoms with E-state index in [0.29, 0.717) is 6.42 Å². The van der Waals surface area contributed by atoms with Crippen LogP contribution in [0.2, 0.25) is 0 Å². The van der Waals surface area contributed by atoms with Crippen LogP contribution in [-0.4, -0.2) is 42.9 Å². The quantitative estimate of drug-likeness (QED) is 0.676. The van der Waals surface area contributed by atoms with Gasteiger partial charge in [0.25, 0.3) is 0 Å². The van der Waals surface area contributed by atoms with Gasteiger partial charge in [-0.25, -0.2) is 9.78 Å². The van der Waals surface area contributed by atoms with Crippen molar-refractivity contribution in [2.75, 3.05) is 0 Å². The molecule has 1 aromatic carbocycles. The summed E-state index contributed by atoms with van der Waals surface area (Å²) in [4.78, 5) is 36.0. The highest BCUT2D eigenvalue weighted by Crippen LogP contribution is 2.23. The number of benzene rings is 1. The van der Waals surface area contributed by atoms with E-state index in [4.69, 9.17) is 0 Å². The van der Waals surface area contributed by atoms with Crippen molar-refractivity contribution < 1.29 is 14.7 Å². The molecule has 0 unspecified atom stereocenters. The van der Waals surface area contributed by atoms with Crippen LogP contribution >= 0.6 is 0 Å². The van der Waals surface area contributed by atoms with E-state index in [-0.39, 0.29) is 25.3 Å². The number of fused-ring (bicyclic) bond motifs is 2. The van der Waals surface area contributed by atoms with Crippen LogP contribution in [0.25, 0.3) is 10.9 Å². The first kappa shape index (κ1) is 15.4. The van der Waals surface area contributed by atoms with Crippen LogP contribution in [0.5, 0.6) is 0 Å². The number of imidazole rings is 1. The van der Waals surface area contributed by atoms with Gasteiger partial charge >= 0.3 is 5.97 Å². The number of aromatic nitrogens is 3. The van der Waals surface area contributed by atoms with E-state index in [1.165, 1.54) is 4.90 Å². The van der Waals surface area contributed by atoms with Crippen molar-refractivity contribution in [3.63, 3.8) is 0 Å². The minimum atomic E-state index is -0.992. The molecule has 0 spiro atoms. The van der Waals surface area contributed by atoms with Crippen molar-refractivity contribution in [1.29, 1.82) is 0 Å². The number of rotatable bonds is 4. The number of carboxylic acids is 1. The SMILES string of the molecule is O=C(O)[C@@H]1Cc2nc[nH]c2CN1C(=O)CCc1c[nH]c2ccccc12. The lowest BCUT2D eigenvalue weighted by molar-refractivity contribution is -0.151. The maximum absolute atomic E-state index is 12.7. The zero-order chi connectivity index (χ0) is 17.4. The number of hydrogen-bond donors (Lipinski definition) is 3. The molecular formula is C18H18N4O3. The molecule has 2 aromatic heterocycles. The van der Waals surface area contributed by atoms with Crippen LogP contribution in [-0.2, 0) is 29.0 Å². The van der Waals surface area contributed by atoms with Crippen molar-refractivity contribution in [3.05, 3.63) is 53.7 Å². The first-order valence-corrected chi connectivity index (χ1v) is 8.22. The molecule has 1 aliphatic rings. The second-order valence-corrected chi connectivity index (χ2v) is 6.27. The van der Waals surface area contributed by atoms with Gasteiger partial charge in [-0.2, -0.15) is 0 Å². The van der Waals surface area contributed by atoms with Crippen molar-refractivity contribution in [3.8, 4) is 0 Å².